The maximum atomic E-state index is 5.29. The van der Waals surface area contributed by atoms with E-state index in [2.05, 4.69) is 29.0 Å². The van der Waals surface area contributed by atoms with Crippen molar-refractivity contribution in [1.82, 2.24) is 4.57 Å². The van der Waals surface area contributed by atoms with Gasteiger partial charge in [0.25, 0.3) is 0 Å². The molecule has 0 aromatic carbocycles. The molecular weight excluding hydrogens is 150 g/mol. The zero-order valence-corrected chi connectivity index (χ0v) is 6.86. The predicted octanol–water partition coefficient (Wildman–Crippen LogP) is 1.57. The van der Waals surface area contributed by atoms with Gasteiger partial charge < -0.3 is 9.30 Å². The van der Waals surface area contributed by atoms with Crippen molar-refractivity contribution in [2.75, 3.05) is 6.61 Å². The summed E-state index contributed by atoms with van der Waals surface area (Å²) in [7, 11) is 0. The van der Waals surface area contributed by atoms with Gasteiger partial charge in [0.2, 0.25) is 0 Å². The van der Waals surface area contributed by atoms with E-state index in [1.54, 1.807) is 0 Å². The lowest BCUT2D eigenvalue weighted by Crippen LogP contribution is -2.21. The van der Waals surface area contributed by atoms with E-state index >= 15 is 0 Å². The highest BCUT2D eigenvalue weighted by molar-refractivity contribution is 5.20. The van der Waals surface area contributed by atoms with Crippen molar-refractivity contribution in [3.05, 3.63) is 36.4 Å². The topological polar surface area (TPSA) is 14.2 Å². The van der Waals surface area contributed by atoms with E-state index in [0.29, 0.717) is 0 Å². The molecule has 1 spiro atoms. The minimum atomic E-state index is 0.288. The highest BCUT2D eigenvalue weighted by Crippen LogP contribution is 2.37. The van der Waals surface area contributed by atoms with E-state index in [1.807, 2.05) is 6.26 Å². The van der Waals surface area contributed by atoms with E-state index in [0.717, 1.165) is 19.6 Å². The van der Waals surface area contributed by atoms with Crippen molar-refractivity contribution in [3.63, 3.8) is 0 Å². The lowest BCUT2D eigenvalue weighted by Gasteiger charge is -2.16. The van der Waals surface area contributed by atoms with Gasteiger partial charge in [-0.25, -0.2) is 0 Å². The zero-order chi connectivity index (χ0) is 8.02. The number of aromatic nitrogens is 1. The van der Waals surface area contributed by atoms with Gasteiger partial charge in [-0.15, -0.1) is 0 Å². The fourth-order valence-corrected chi connectivity index (χ4v) is 2.18. The van der Waals surface area contributed by atoms with Gasteiger partial charge in [-0.2, -0.15) is 0 Å². The highest BCUT2D eigenvalue weighted by Gasteiger charge is 2.37. The largest absolute Gasteiger partial charge is 0.501 e. The molecule has 0 fully saturated rings. The van der Waals surface area contributed by atoms with Crippen LogP contribution in [-0.4, -0.2) is 11.2 Å². The van der Waals surface area contributed by atoms with Crippen LogP contribution in [0.2, 0.25) is 0 Å². The Kier molecular flexibility index (Phi) is 1.03. The van der Waals surface area contributed by atoms with Crippen molar-refractivity contribution in [1.29, 1.82) is 0 Å². The van der Waals surface area contributed by atoms with Crippen LogP contribution in [0.5, 0.6) is 0 Å². The molecule has 0 saturated heterocycles. The second kappa shape index (κ2) is 1.94. The summed E-state index contributed by atoms with van der Waals surface area (Å²) in [6.07, 6.45) is 7.33. The van der Waals surface area contributed by atoms with Crippen molar-refractivity contribution >= 4 is 0 Å². The molecule has 0 bridgehead atoms. The van der Waals surface area contributed by atoms with E-state index < -0.39 is 0 Å². The Labute approximate surface area is 71.5 Å². The molecule has 1 aromatic heterocycles. The molecule has 1 unspecified atom stereocenters. The molecule has 12 heavy (non-hydrogen) atoms. The summed E-state index contributed by atoms with van der Waals surface area (Å²) >= 11 is 0. The summed E-state index contributed by atoms with van der Waals surface area (Å²) < 4.78 is 7.61. The van der Waals surface area contributed by atoms with E-state index in [-0.39, 0.29) is 5.41 Å². The van der Waals surface area contributed by atoms with E-state index in [4.69, 9.17) is 4.74 Å². The molecule has 0 amide bonds. The van der Waals surface area contributed by atoms with Crippen LogP contribution < -0.4 is 0 Å². The quantitative estimate of drug-likeness (QED) is 0.563. The van der Waals surface area contributed by atoms with Gasteiger partial charge in [-0.3, -0.25) is 0 Å². The number of nitrogens with zero attached hydrogens (tertiary/aromatic N) is 1. The van der Waals surface area contributed by atoms with Crippen LogP contribution in [-0.2, 0) is 17.7 Å². The van der Waals surface area contributed by atoms with Crippen LogP contribution in [0.4, 0.5) is 0 Å². The second-order valence-corrected chi connectivity index (χ2v) is 3.78. The molecule has 2 aliphatic heterocycles. The summed E-state index contributed by atoms with van der Waals surface area (Å²) in [5.74, 6) is 0. The average molecular weight is 161 g/mol. The molecule has 2 nitrogen and oxygen atoms in total. The van der Waals surface area contributed by atoms with Crippen LogP contribution in [0.1, 0.15) is 5.69 Å². The molecule has 3 rings (SSSR count). The predicted molar refractivity (Wildman–Crippen MR) is 45.7 cm³/mol. The van der Waals surface area contributed by atoms with Crippen molar-refractivity contribution < 1.29 is 4.74 Å². The van der Waals surface area contributed by atoms with Gasteiger partial charge in [0.05, 0.1) is 12.9 Å². The smallest absolute Gasteiger partial charge is 0.0986 e. The van der Waals surface area contributed by atoms with Gasteiger partial charge in [-0.1, -0.05) is 0 Å². The van der Waals surface area contributed by atoms with Gasteiger partial charge in [0.15, 0.2) is 0 Å². The fraction of sp³-hybridized carbons (Fsp3) is 0.400. The van der Waals surface area contributed by atoms with Gasteiger partial charge in [0.1, 0.15) is 0 Å². The summed E-state index contributed by atoms with van der Waals surface area (Å²) in [4.78, 5) is 0. The van der Waals surface area contributed by atoms with Crippen molar-refractivity contribution in [3.8, 4) is 0 Å². The normalized spacial score (nSPS) is 31.0. The van der Waals surface area contributed by atoms with Crippen LogP contribution in [0.3, 0.4) is 0 Å². The fourth-order valence-electron chi connectivity index (χ4n) is 2.18. The minimum Gasteiger partial charge on any atom is -0.501 e. The second-order valence-electron chi connectivity index (χ2n) is 3.78. The summed E-state index contributed by atoms with van der Waals surface area (Å²) in [5, 5.41) is 0. The van der Waals surface area contributed by atoms with E-state index in [9.17, 15) is 0 Å². The first kappa shape index (κ1) is 6.35. The Morgan fingerprint density at radius 3 is 3.25 bits per heavy atom. The Morgan fingerprint density at radius 2 is 2.50 bits per heavy atom. The maximum absolute atomic E-state index is 5.29. The molecule has 62 valence electrons. The Bertz CT molecular complexity index is 317. The van der Waals surface area contributed by atoms with Crippen LogP contribution >= 0.6 is 0 Å². The summed E-state index contributed by atoms with van der Waals surface area (Å²) in [6, 6.07) is 4.31. The molecule has 0 N–H and O–H groups in total. The SMILES string of the molecule is C1=CC2(CO1)Cc1cccn1C2. The molecule has 1 aromatic rings. The number of hydrogen-bond donors (Lipinski definition) is 0. The van der Waals surface area contributed by atoms with Gasteiger partial charge >= 0.3 is 0 Å². The van der Waals surface area contributed by atoms with Gasteiger partial charge in [-0.05, 0) is 18.2 Å². The van der Waals surface area contributed by atoms with Crippen LogP contribution in [0.25, 0.3) is 0 Å². The summed E-state index contributed by atoms with van der Waals surface area (Å²) in [5.41, 5.74) is 1.72. The molecule has 3 heterocycles. The molecule has 2 heteroatoms. The molecular formula is C10H11NO. The first-order valence-corrected chi connectivity index (χ1v) is 4.31. The van der Waals surface area contributed by atoms with Crippen molar-refractivity contribution in [2.24, 2.45) is 5.41 Å². The van der Waals surface area contributed by atoms with Gasteiger partial charge in [0, 0.05) is 30.3 Å². The molecule has 0 radical (unpaired) electrons. The number of ether oxygens (including phenoxy) is 1. The number of fused-ring (bicyclic) bond motifs is 1. The monoisotopic (exact) mass is 161 g/mol. The third kappa shape index (κ3) is 0.697. The van der Waals surface area contributed by atoms with E-state index in [1.165, 1.54) is 5.69 Å². The third-order valence-electron chi connectivity index (χ3n) is 2.83. The standard InChI is InChI=1S/C10H11NO/c1-2-9-6-10(3-5-12-8-10)7-11(9)4-1/h1-5H,6-8H2. The molecule has 0 aliphatic carbocycles. The van der Waals surface area contributed by atoms with Crippen molar-refractivity contribution in [2.45, 2.75) is 13.0 Å². The maximum Gasteiger partial charge on any atom is 0.0986 e. The Hall–Kier alpha value is -1.18. The lowest BCUT2D eigenvalue weighted by atomic mass is 9.88. The Balaban J connectivity index is 1.99. The van der Waals surface area contributed by atoms with Crippen LogP contribution in [0, 0.1) is 5.41 Å². The lowest BCUT2D eigenvalue weighted by molar-refractivity contribution is 0.184. The molecule has 0 saturated carbocycles. The third-order valence-corrected chi connectivity index (χ3v) is 2.83. The Morgan fingerprint density at radius 1 is 1.50 bits per heavy atom. The first-order valence-electron chi connectivity index (χ1n) is 4.31. The van der Waals surface area contributed by atoms with Crippen LogP contribution in [0.15, 0.2) is 30.7 Å². The summed E-state index contributed by atoms with van der Waals surface area (Å²) in [6.45, 7) is 1.94. The first-order chi connectivity index (χ1) is 5.88. The molecule has 2 aliphatic rings. The highest BCUT2D eigenvalue weighted by atomic mass is 16.5. The molecule has 1 atom stereocenters. The zero-order valence-electron chi connectivity index (χ0n) is 6.86. The number of hydrogen-bond acceptors (Lipinski definition) is 1. The average Bonchev–Trinajstić information content (AvgIpc) is 2.66. The minimum absolute atomic E-state index is 0.288. The number of rotatable bonds is 0.